The number of benzene rings is 1. The maximum absolute atomic E-state index is 12.7. The van der Waals surface area contributed by atoms with E-state index >= 15 is 0 Å². The number of nitrogens with zero attached hydrogens (tertiary/aromatic N) is 2. The van der Waals surface area contributed by atoms with E-state index in [-0.39, 0.29) is 0 Å². The van der Waals surface area contributed by atoms with Gasteiger partial charge in [-0.3, -0.25) is 4.57 Å². The molecule has 138 valence electrons. The highest BCUT2D eigenvalue weighted by Crippen LogP contribution is 2.40. The lowest BCUT2D eigenvalue weighted by Gasteiger charge is -2.14. The summed E-state index contributed by atoms with van der Waals surface area (Å²) in [5, 5.41) is -2.77. The minimum absolute atomic E-state index is 0.454. The third kappa shape index (κ3) is 3.37. The van der Waals surface area contributed by atoms with E-state index < -0.39 is 53.7 Å². The van der Waals surface area contributed by atoms with E-state index in [4.69, 9.17) is 28.9 Å². The van der Waals surface area contributed by atoms with Gasteiger partial charge in [0.1, 0.15) is 12.1 Å². The predicted molar refractivity (Wildman–Crippen MR) is 76.2 cm³/mol. The first-order chi connectivity index (χ1) is 11.2. The number of hydrogen-bond donors (Lipinski definition) is 1. The fourth-order valence-electron chi connectivity index (χ4n) is 1.80. The summed E-state index contributed by atoms with van der Waals surface area (Å²) in [5.74, 6) is -1.01. The highest BCUT2D eigenvalue weighted by Gasteiger charge is 2.50. The van der Waals surface area contributed by atoms with Crippen molar-refractivity contribution in [2.75, 3.05) is 5.73 Å². The standard InChI is InChI=1S/C11H5Cl2F6N3O2S/c12-5-1-4(10(14,15)16)2-6(13)7(5)22-3-21-9(8(22)20)25(23,24)11(17,18)19/h1-3H,20H2. The van der Waals surface area contributed by atoms with Gasteiger partial charge < -0.3 is 5.73 Å². The Kier molecular flexibility index (Phi) is 4.68. The number of aromatic nitrogens is 2. The van der Waals surface area contributed by atoms with Gasteiger partial charge in [0.25, 0.3) is 9.84 Å². The molecule has 0 fully saturated rings. The zero-order chi connectivity index (χ0) is 19.4. The quantitative estimate of drug-likeness (QED) is 0.732. The van der Waals surface area contributed by atoms with Gasteiger partial charge in [-0.25, -0.2) is 13.4 Å². The van der Waals surface area contributed by atoms with Gasteiger partial charge in [0.05, 0.1) is 21.3 Å². The maximum Gasteiger partial charge on any atom is 0.503 e. The second kappa shape index (κ2) is 5.95. The second-order valence-corrected chi connectivity index (χ2v) is 7.21. The molecule has 0 aliphatic carbocycles. The van der Waals surface area contributed by atoms with Crippen molar-refractivity contribution < 1.29 is 34.8 Å². The molecule has 0 amide bonds. The van der Waals surface area contributed by atoms with Crippen LogP contribution in [0, 0.1) is 0 Å². The predicted octanol–water partition coefficient (Wildman–Crippen LogP) is 4.07. The smallest absolute Gasteiger partial charge is 0.382 e. The van der Waals surface area contributed by atoms with Gasteiger partial charge in [0, 0.05) is 0 Å². The highest BCUT2D eigenvalue weighted by molar-refractivity contribution is 7.92. The Labute approximate surface area is 145 Å². The van der Waals surface area contributed by atoms with E-state index in [0.717, 1.165) is 0 Å². The van der Waals surface area contributed by atoms with Crippen LogP contribution in [0.1, 0.15) is 5.56 Å². The Bertz CT molecular complexity index is 913. The van der Waals surface area contributed by atoms with E-state index in [1.54, 1.807) is 0 Å². The molecule has 5 nitrogen and oxygen atoms in total. The molecule has 0 atom stereocenters. The maximum atomic E-state index is 12.7. The second-order valence-electron chi connectivity index (χ2n) is 4.54. The lowest BCUT2D eigenvalue weighted by atomic mass is 10.2. The van der Waals surface area contributed by atoms with Crippen LogP contribution in [0.25, 0.3) is 5.69 Å². The minimum atomic E-state index is -5.87. The van der Waals surface area contributed by atoms with Crippen molar-refractivity contribution in [2.24, 2.45) is 0 Å². The molecule has 14 heteroatoms. The number of imidazole rings is 1. The molecule has 0 saturated carbocycles. The first-order valence-corrected chi connectivity index (χ1v) is 8.12. The average molecular weight is 428 g/mol. The van der Waals surface area contributed by atoms with Gasteiger partial charge in [0.15, 0.2) is 0 Å². The van der Waals surface area contributed by atoms with Crippen molar-refractivity contribution in [2.45, 2.75) is 16.7 Å². The Morgan fingerprint density at radius 2 is 1.52 bits per heavy atom. The van der Waals surface area contributed by atoms with Gasteiger partial charge in [0.2, 0.25) is 5.03 Å². The zero-order valence-corrected chi connectivity index (χ0v) is 13.8. The molecule has 0 aliphatic rings. The summed E-state index contributed by atoms with van der Waals surface area (Å²) in [5.41, 5.74) is -1.98. The van der Waals surface area contributed by atoms with Gasteiger partial charge in [-0.15, -0.1) is 0 Å². The topological polar surface area (TPSA) is 78.0 Å². The normalized spacial score (nSPS) is 13.3. The van der Waals surface area contributed by atoms with Crippen LogP contribution in [0.15, 0.2) is 23.5 Å². The SMILES string of the molecule is Nc1c(S(=O)(=O)C(F)(F)F)ncn1-c1c(Cl)cc(C(F)(F)F)cc1Cl. The molecule has 2 rings (SSSR count). The summed E-state index contributed by atoms with van der Waals surface area (Å²) in [6, 6.07) is 0.917. The van der Waals surface area contributed by atoms with Crippen molar-refractivity contribution in [1.82, 2.24) is 9.55 Å². The largest absolute Gasteiger partial charge is 0.503 e. The van der Waals surface area contributed by atoms with Crippen LogP contribution in [0.3, 0.4) is 0 Å². The third-order valence-electron chi connectivity index (χ3n) is 2.91. The van der Waals surface area contributed by atoms with Crippen molar-refractivity contribution in [3.63, 3.8) is 0 Å². The summed E-state index contributed by atoms with van der Waals surface area (Å²) in [4.78, 5) is 3.07. The summed E-state index contributed by atoms with van der Waals surface area (Å²) in [7, 11) is -5.87. The molecule has 2 aromatic rings. The van der Waals surface area contributed by atoms with E-state index in [2.05, 4.69) is 4.98 Å². The molecular weight excluding hydrogens is 423 g/mol. The molecule has 25 heavy (non-hydrogen) atoms. The van der Waals surface area contributed by atoms with Crippen molar-refractivity contribution in [1.29, 1.82) is 0 Å². The number of rotatable bonds is 2. The first-order valence-electron chi connectivity index (χ1n) is 5.88. The highest BCUT2D eigenvalue weighted by atomic mass is 35.5. The van der Waals surface area contributed by atoms with Gasteiger partial charge in [-0.1, -0.05) is 23.2 Å². The molecule has 1 aromatic heterocycles. The number of halogens is 8. The third-order valence-corrected chi connectivity index (χ3v) is 4.92. The lowest BCUT2D eigenvalue weighted by molar-refractivity contribution is -0.137. The monoisotopic (exact) mass is 427 g/mol. The van der Waals surface area contributed by atoms with Crippen LogP contribution < -0.4 is 5.73 Å². The van der Waals surface area contributed by atoms with Crippen LogP contribution >= 0.6 is 23.2 Å². The number of sulfone groups is 1. The Morgan fingerprint density at radius 3 is 1.92 bits per heavy atom. The summed E-state index contributed by atoms with van der Waals surface area (Å²) in [6.07, 6.45) is -4.23. The first kappa shape index (κ1) is 19.7. The average Bonchev–Trinajstić information content (AvgIpc) is 2.78. The molecule has 0 bridgehead atoms. The van der Waals surface area contributed by atoms with E-state index in [1.807, 2.05) is 0 Å². The zero-order valence-electron chi connectivity index (χ0n) is 11.5. The molecule has 2 N–H and O–H groups in total. The summed E-state index contributed by atoms with van der Waals surface area (Å²) < 4.78 is 99.1. The number of alkyl halides is 6. The van der Waals surface area contributed by atoms with E-state index in [0.29, 0.717) is 23.0 Å². The molecule has 1 aromatic carbocycles. The van der Waals surface area contributed by atoms with Crippen molar-refractivity contribution in [3.8, 4) is 5.69 Å². The number of nitrogens with two attached hydrogens (primary N) is 1. The minimum Gasteiger partial charge on any atom is -0.382 e. The van der Waals surface area contributed by atoms with Crippen LogP contribution in [0.5, 0.6) is 0 Å². The summed E-state index contributed by atoms with van der Waals surface area (Å²) in [6.45, 7) is 0. The van der Waals surface area contributed by atoms with E-state index in [1.165, 1.54) is 0 Å². The van der Waals surface area contributed by atoms with E-state index in [9.17, 15) is 34.8 Å². The number of hydrogen-bond acceptors (Lipinski definition) is 4. The molecule has 0 saturated heterocycles. The Morgan fingerprint density at radius 1 is 1.04 bits per heavy atom. The van der Waals surface area contributed by atoms with Crippen molar-refractivity contribution >= 4 is 38.9 Å². The van der Waals surface area contributed by atoms with Gasteiger partial charge >= 0.3 is 11.7 Å². The van der Waals surface area contributed by atoms with Crippen LogP contribution in [0.2, 0.25) is 10.0 Å². The molecule has 0 unspecified atom stereocenters. The van der Waals surface area contributed by atoms with Crippen molar-refractivity contribution in [3.05, 3.63) is 34.1 Å². The lowest BCUT2D eigenvalue weighted by Crippen LogP contribution is -2.24. The molecule has 0 radical (unpaired) electrons. The molecule has 0 aliphatic heterocycles. The molecule has 0 spiro atoms. The number of nitrogen functional groups attached to an aromatic ring is 1. The number of anilines is 1. The fourth-order valence-corrected chi connectivity index (χ4v) is 3.24. The molecule has 1 heterocycles. The van der Waals surface area contributed by atoms with Crippen LogP contribution in [-0.4, -0.2) is 23.5 Å². The van der Waals surface area contributed by atoms with Crippen LogP contribution in [0.4, 0.5) is 32.2 Å². The molecular formula is C11H5Cl2F6N3O2S. The van der Waals surface area contributed by atoms with Gasteiger partial charge in [-0.05, 0) is 12.1 Å². The summed E-state index contributed by atoms with van der Waals surface area (Å²) >= 11 is 11.4. The Balaban J connectivity index is 2.67. The fraction of sp³-hybridized carbons (Fsp3) is 0.182. The Hall–Kier alpha value is -1.66. The van der Waals surface area contributed by atoms with Crippen LogP contribution in [-0.2, 0) is 16.0 Å². The van der Waals surface area contributed by atoms with Gasteiger partial charge in [-0.2, -0.15) is 26.3 Å².